The Morgan fingerprint density at radius 1 is 1.67 bits per heavy atom. The first-order valence-corrected chi connectivity index (χ1v) is 5.60. The van der Waals surface area contributed by atoms with Crippen LogP contribution in [-0.2, 0) is 4.79 Å². The lowest BCUT2D eigenvalue weighted by atomic mass is 10.2. The SMILES string of the molecule is Cc1nc(SCC(C)C(=O)NN)oc1C. The average molecular weight is 229 g/mol. The Bertz CT molecular complexity index is 332. The number of rotatable bonds is 4. The number of nitrogens with zero attached hydrogens (tertiary/aromatic N) is 1. The van der Waals surface area contributed by atoms with Gasteiger partial charge in [-0.05, 0) is 13.8 Å². The van der Waals surface area contributed by atoms with Gasteiger partial charge in [0.15, 0.2) is 0 Å². The molecular weight excluding hydrogens is 214 g/mol. The van der Waals surface area contributed by atoms with Crippen molar-refractivity contribution < 1.29 is 9.21 Å². The van der Waals surface area contributed by atoms with Crippen LogP contribution in [0, 0.1) is 19.8 Å². The summed E-state index contributed by atoms with van der Waals surface area (Å²) < 4.78 is 5.37. The highest BCUT2D eigenvalue weighted by Crippen LogP contribution is 2.22. The van der Waals surface area contributed by atoms with Crippen molar-refractivity contribution in [3.05, 3.63) is 11.5 Å². The van der Waals surface area contributed by atoms with E-state index in [-0.39, 0.29) is 11.8 Å². The van der Waals surface area contributed by atoms with Crippen LogP contribution in [0.1, 0.15) is 18.4 Å². The van der Waals surface area contributed by atoms with E-state index in [0.29, 0.717) is 11.0 Å². The van der Waals surface area contributed by atoms with Crippen molar-refractivity contribution in [1.82, 2.24) is 10.4 Å². The van der Waals surface area contributed by atoms with E-state index in [0.717, 1.165) is 11.5 Å². The molecule has 1 atom stereocenters. The van der Waals surface area contributed by atoms with Gasteiger partial charge in [0.2, 0.25) is 5.91 Å². The second kappa shape index (κ2) is 5.18. The van der Waals surface area contributed by atoms with Crippen molar-refractivity contribution in [2.24, 2.45) is 11.8 Å². The van der Waals surface area contributed by atoms with Crippen LogP contribution in [0.15, 0.2) is 9.64 Å². The molecule has 0 spiro atoms. The second-order valence-electron chi connectivity index (χ2n) is 3.34. The fraction of sp³-hybridized carbons (Fsp3) is 0.556. The first kappa shape index (κ1) is 12.1. The van der Waals surface area contributed by atoms with Crippen LogP contribution in [0.5, 0.6) is 0 Å². The van der Waals surface area contributed by atoms with E-state index in [9.17, 15) is 4.79 Å². The normalized spacial score (nSPS) is 12.5. The van der Waals surface area contributed by atoms with Gasteiger partial charge < -0.3 is 4.42 Å². The molecule has 0 bridgehead atoms. The van der Waals surface area contributed by atoms with Crippen molar-refractivity contribution in [2.75, 3.05) is 5.75 Å². The molecule has 1 aromatic heterocycles. The lowest BCUT2D eigenvalue weighted by Gasteiger charge is -2.06. The van der Waals surface area contributed by atoms with Crippen LogP contribution in [0.3, 0.4) is 0 Å². The molecule has 0 aliphatic carbocycles. The number of carbonyl (C=O) groups is 1. The van der Waals surface area contributed by atoms with E-state index < -0.39 is 0 Å². The first-order valence-electron chi connectivity index (χ1n) is 4.62. The average Bonchev–Trinajstić information content (AvgIpc) is 2.54. The number of hydrogen-bond donors (Lipinski definition) is 2. The standard InChI is InChI=1S/C9H15N3O2S/c1-5(8(13)12-10)4-15-9-11-6(2)7(3)14-9/h5H,4,10H2,1-3H3,(H,12,13). The number of aromatic nitrogens is 1. The Kier molecular flexibility index (Phi) is 4.16. The van der Waals surface area contributed by atoms with Crippen LogP contribution < -0.4 is 11.3 Å². The quantitative estimate of drug-likeness (QED) is 0.348. The monoisotopic (exact) mass is 229 g/mol. The van der Waals surface area contributed by atoms with Crippen LogP contribution in [0.25, 0.3) is 0 Å². The van der Waals surface area contributed by atoms with Crippen molar-refractivity contribution in [1.29, 1.82) is 0 Å². The minimum absolute atomic E-state index is 0.160. The maximum absolute atomic E-state index is 11.1. The minimum Gasteiger partial charge on any atom is -0.437 e. The van der Waals surface area contributed by atoms with E-state index in [1.165, 1.54) is 11.8 Å². The van der Waals surface area contributed by atoms with Crippen molar-refractivity contribution >= 4 is 17.7 Å². The largest absolute Gasteiger partial charge is 0.437 e. The van der Waals surface area contributed by atoms with Gasteiger partial charge in [-0.1, -0.05) is 18.7 Å². The molecule has 3 N–H and O–H groups in total. The molecular formula is C9H15N3O2S. The summed E-state index contributed by atoms with van der Waals surface area (Å²) in [6.45, 7) is 5.55. The maximum Gasteiger partial charge on any atom is 0.256 e. The molecule has 1 aromatic rings. The number of hydrogen-bond acceptors (Lipinski definition) is 5. The summed E-state index contributed by atoms with van der Waals surface area (Å²) in [5, 5.41) is 0.599. The van der Waals surface area contributed by atoms with Gasteiger partial charge in [-0.2, -0.15) is 0 Å². The van der Waals surface area contributed by atoms with Crippen LogP contribution in [-0.4, -0.2) is 16.6 Å². The van der Waals surface area contributed by atoms with E-state index in [1.807, 2.05) is 13.8 Å². The van der Waals surface area contributed by atoms with E-state index in [4.69, 9.17) is 10.3 Å². The summed E-state index contributed by atoms with van der Waals surface area (Å²) in [4.78, 5) is 15.3. The Morgan fingerprint density at radius 3 is 2.80 bits per heavy atom. The van der Waals surface area contributed by atoms with Crippen molar-refractivity contribution in [3.63, 3.8) is 0 Å². The minimum atomic E-state index is -0.178. The fourth-order valence-corrected chi connectivity index (χ4v) is 1.85. The lowest BCUT2D eigenvalue weighted by molar-refractivity contribution is -0.123. The van der Waals surface area contributed by atoms with E-state index >= 15 is 0 Å². The number of carbonyl (C=O) groups excluding carboxylic acids is 1. The Labute approximate surface area is 92.8 Å². The molecule has 1 unspecified atom stereocenters. The predicted octanol–water partition coefficient (Wildman–Crippen LogP) is 1.01. The molecule has 0 saturated heterocycles. The summed E-state index contributed by atoms with van der Waals surface area (Å²) in [6.07, 6.45) is 0. The molecule has 6 heteroatoms. The molecule has 0 radical (unpaired) electrons. The van der Waals surface area contributed by atoms with Crippen LogP contribution in [0.4, 0.5) is 0 Å². The molecule has 0 aliphatic rings. The first-order chi connectivity index (χ1) is 7.04. The molecule has 0 aliphatic heterocycles. The van der Waals surface area contributed by atoms with Crippen molar-refractivity contribution in [3.8, 4) is 0 Å². The number of thioether (sulfide) groups is 1. The molecule has 1 rings (SSSR count). The van der Waals surface area contributed by atoms with Gasteiger partial charge in [0.25, 0.3) is 5.22 Å². The van der Waals surface area contributed by atoms with Gasteiger partial charge in [-0.15, -0.1) is 0 Å². The molecule has 1 heterocycles. The lowest BCUT2D eigenvalue weighted by Crippen LogP contribution is -2.35. The number of hydrazine groups is 1. The highest BCUT2D eigenvalue weighted by Gasteiger charge is 2.14. The van der Waals surface area contributed by atoms with Gasteiger partial charge in [0.1, 0.15) is 5.76 Å². The van der Waals surface area contributed by atoms with Crippen molar-refractivity contribution in [2.45, 2.75) is 26.0 Å². The zero-order chi connectivity index (χ0) is 11.4. The highest BCUT2D eigenvalue weighted by atomic mass is 32.2. The molecule has 0 saturated carbocycles. The summed E-state index contributed by atoms with van der Waals surface area (Å²) in [5.74, 6) is 6.10. The predicted molar refractivity (Wildman–Crippen MR) is 58.2 cm³/mol. The number of nitrogens with two attached hydrogens (primary N) is 1. The molecule has 5 nitrogen and oxygen atoms in total. The zero-order valence-electron chi connectivity index (χ0n) is 9.03. The molecule has 0 aromatic carbocycles. The second-order valence-corrected chi connectivity index (χ2v) is 4.31. The van der Waals surface area contributed by atoms with Gasteiger partial charge >= 0.3 is 0 Å². The van der Waals surface area contributed by atoms with Crippen LogP contribution in [0.2, 0.25) is 0 Å². The Hall–Kier alpha value is -1.01. The summed E-state index contributed by atoms with van der Waals surface area (Å²) in [5.41, 5.74) is 3.00. The van der Waals surface area contributed by atoms with Gasteiger partial charge in [0, 0.05) is 11.7 Å². The number of nitrogens with one attached hydrogen (secondary N) is 1. The molecule has 84 valence electrons. The smallest absolute Gasteiger partial charge is 0.256 e. The third kappa shape index (κ3) is 3.24. The maximum atomic E-state index is 11.1. The van der Waals surface area contributed by atoms with Gasteiger partial charge in [-0.25, -0.2) is 10.8 Å². The topological polar surface area (TPSA) is 81.2 Å². The van der Waals surface area contributed by atoms with E-state index in [2.05, 4.69) is 10.4 Å². The fourth-order valence-electron chi connectivity index (χ4n) is 0.919. The van der Waals surface area contributed by atoms with E-state index in [1.54, 1.807) is 6.92 Å². The number of oxazole rings is 1. The van der Waals surface area contributed by atoms with Gasteiger partial charge in [-0.3, -0.25) is 10.2 Å². The summed E-state index contributed by atoms with van der Waals surface area (Å²) >= 11 is 1.41. The summed E-state index contributed by atoms with van der Waals surface area (Å²) in [6, 6.07) is 0. The number of amides is 1. The molecule has 0 fully saturated rings. The Balaban J connectivity index is 2.47. The zero-order valence-corrected chi connectivity index (χ0v) is 9.85. The summed E-state index contributed by atoms with van der Waals surface area (Å²) in [7, 11) is 0. The third-order valence-corrected chi connectivity index (χ3v) is 3.14. The number of aryl methyl sites for hydroxylation is 2. The highest BCUT2D eigenvalue weighted by molar-refractivity contribution is 7.99. The Morgan fingerprint density at radius 2 is 2.33 bits per heavy atom. The van der Waals surface area contributed by atoms with Crippen LogP contribution >= 0.6 is 11.8 Å². The van der Waals surface area contributed by atoms with Gasteiger partial charge in [0.05, 0.1) is 5.69 Å². The molecule has 1 amide bonds. The third-order valence-electron chi connectivity index (χ3n) is 2.06. The molecule has 15 heavy (non-hydrogen) atoms.